The fourth-order valence-corrected chi connectivity index (χ4v) is 3.00. The number of fused-ring (bicyclic) bond motifs is 1. The Bertz CT molecular complexity index is 594. The van der Waals surface area contributed by atoms with E-state index < -0.39 is 0 Å². The molecule has 0 spiro atoms. The Hall–Kier alpha value is -2.00. The van der Waals surface area contributed by atoms with E-state index >= 15 is 0 Å². The zero-order chi connectivity index (χ0) is 14.7. The zero-order valence-electron chi connectivity index (χ0n) is 12.5. The molecule has 110 valence electrons. The monoisotopic (exact) mass is 282 g/mol. The minimum Gasteiger partial charge on any atom is -0.497 e. The predicted octanol–water partition coefficient (Wildman–Crippen LogP) is 3.15. The van der Waals surface area contributed by atoms with E-state index in [4.69, 9.17) is 10.5 Å². The van der Waals surface area contributed by atoms with Crippen LogP contribution >= 0.6 is 0 Å². The van der Waals surface area contributed by atoms with E-state index in [1.165, 1.54) is 24.1 Å². The lowest BCUT2D eigenvalue weighted by molar-refractivity contribution is 0.414. The third kappa shape index (κ3) is 3.03. The van der Waals surface area contributed by atoms with Gasteiger partial charge in [0.1, 0.15) is 5.75 Å². The number of ether oxygens (including phenoxy) is 1. The molecule has 2 aromatic carbocycles. The SMILES string of the molecule is COc1ccc(C(N)CN2CCCc3ccccc32)cc1. The molecular formula is C18H22N2O. The third-order valence-corrected chi connectivity index (χ3v) is 4.17. The predicted molar refractivity (Wildman–Crippen MR) is 86.9 cm³/mol. The summed E-state index contributed by atoms with van der Waals surface area (Å²) < 4.78 is 5.19. The van der Waals surface area contributed by atoms with Crippen molar-refractivity contribution in [1.82, 2.24) is 0 Å². The number of hydrogen-bond donors (Lipinski definition) is 1. The van der Waals surface area contributed by atoms with Crippen LogP contribution in [0.3, 0.4) is 0 Å². The molecule has 0 saturated carbocycles. The summed E-state index contributed by atoms with van der Waals surface area (Å²) in [6.07, 6.45) is 2.37. The van der Waals surface area contributed by atoms with Crippen molar-refractivity contribution in [1.29, 1.82) is 0 Å². The number of anilines is 1. The summed E-state index contributed by atoms with van der Waals surface area (Å²) in [5, 5.41) is 0. The molecule has 0 fully saturated rings. The van der Waals surface area contributed by atoms with Crippen LogP contribution in [0.5, 0.6) is 5.75 Å². The standard InChI is InChI=1S/C18H22N2O/c1-21-16-10-8-14(9-11-16)17(19)13-20-12-4-6-15-5-2-3-7-18(15)20/h2-3,5,7-11,17H,4,6,12-13,19H2,1H3. The van der Waals surface area contributed by atoms with Gasteiger partial charge in [-0.2, -0.15) is 0 Å². The summed E-state index contributed by atoms with van der Waals surface area (Å²) in [5.41, 5.74) is 10.3. The maximum absolute atomic E-state index is 6.39. The first-order valence-corrected chi connectivity index (χ1v) is 7.50. The lowest BCUT2D eigenvalue weighted by Gasteiger charge is -2.33. The van der Waals surface area contributed by atoms with Crippen LogP contribution in [0.4, 0.5) is 5.69 Å². The smallest absolute Gasteiger partial charge is 0.118 e. The first-order valence-electron chi connectivity index (χ1n) is 7.50. The number of nitrogens with zero attached hydrogens (tertiary/aromatic N) is 1. The van der Waals surface area contributed by atoms with Crippen LogP contribution in [0.25, 0.3) is 0 Å². The number of nitrogens with two attached hydrogens (primary N) is 1. The molecule has 0 saturated heterocycles. The van der Waals surface area contributed by atoms with Crippen molar-refractivity contribution in [3.8, 4) is 5.75 Å². The summed E-state index contributed by atoms with van der Waals surface area (Å²) in [5.74, 6) is 0.870. The van der Waals surface area contributed by atoms with Gasteiger partial charge in [-0.25, -0.2) is 0 Å². The van der Waals surface area contributed by atoms with Gasteiger partial charge in [0.2, 0.25) is 0 Å². The molecule has 0 aromatic heterocycles. The maximum atomic E-state index is 6.39. The van der Waals surface area contributed by atoms with E-state index in [9.17, 15) is 0 Å². The van der Waals surface area contributed by atoms with Gasteiger partial charge in [-0.05, 0) is 42.2 Å². The van der Waals surface area contributed by atoms with Gasteiger partial charge in [0.25, 0.3) is 0 Å². The highest BCUT2D eigenvalue weighted by atomic mass is 16.5. The van der Waals surface area contributed by atoms with Gasteiger partial charge in [0.05, 0.1) is 7.11 Å². The van der Waals surface area contributed by atoms with Gasteiger partial charge in [0.15, 0.2) is 0 Å². The highest BCUT2D eigenvalue weighted by Crippen LogP contribution is 2.28. The van der Waals surface area contributed by atoms with E-state index in [-0.39, 0.29) is 6.04 Å². The van der Waals surface area contributed by atoms with Crippen LogP contribution in [-0.4, -0.2) is 20.2 Å². The second-order valence-corrected chi connectivity index (χ2v) is 5.56. The second kappa shape index (κ2) is 6.19. The fraction of sp³-hybridized carbons (Fsp3) is 0.333. The highest BCUT2D eigenvalue weighted by molar-refractivity contribution is 5.55. The van der Waals surface area contributed by atoms with Crippen LogP contribution in [0.15, 0.2) is 48.5 Å². The number of hydrogen-bond acceptors (Lipinski definition) is 3. The van der Waals surface area contributed by atoms with Gasteiger partial charge in [-0.15, -0.1) is 0 Å². The van der Waals surface area contributed by atoms with Crippen molar-refractivity contribution < 1.29 is 4.74 Å². The van der Waals surface area contributed by atoms with Gasteiger partial charge in [0, 0.05) is 24.8 Å². The maximum Gasteiger partial charge on any atom is 0.118 e. The highest BCUT2D eigenvalue weighted by Gasteiger charge is 2.19. The Labute approximate surface area is 126 Å². The second-order valence-electron chi connectivity index (χ2n) is 5.56. The summed E-state index contributed by atoms with van der Waals surface area (Å²) in [6.45, 7) is 1.93. The third-order valence-electron chi connectivity index (χ3n) is 4.17. The molecule has 1 unspecified atom stereocenters. The molecule has 0 aliphatic carbocycles. The molecule has 3 nitrogen and oxygen atoms in total. The topological polar surface area (TPSA) is 38.5 Å². The first-order chi connectivity index (χ1) is 10.3. The van der Waals surface area contributed by atoms with E-state index in [1.54, 1.807) is 7.11 Å². The van der Waals surface area contributed by atoms with E-state index in [1.807, 2.05) is 12.1 Å². The van der Waals surface area contributed by atoms with E-state index in [2.05, 4.69) is 41.3 Å². The van der Waals surface area contributed by atoms with Gasteiger partial charge in [-0.3, -0.25) is 0 Å². The van der Waals surface area contributed by atoms with E-state index in [0.717, 1.165) is 24.4 Å². The Morgan fingerprint density at radius 3 is 2.67 bits per heavy atom. The van der Waals surface area contributed by atoms with Gasteiger partial charge >= 0.3 is 0 Å². The van der Waals surface area contributed by atoms with Crippen LogP contribution < -0.4 is 15.4 Å². The zero-order valence-corrected chi connectivity index (χ0v) is 12.5. The van der Waals surface area contributed by atoms with Crippen LogP contribution in [0.1, 0.15) is 23.6 Å². The molecule has 0 amide bonds. The molecule has 0 bridgehead atoms. The largest absolute Gasteiger partial charge is 0.497 e. The number of aryl methyl sites for hydroxylation is 1. The number of benzene rings is 2. The lowest BCUT2D eigenvalue weighted by Crippen LogP contribution is -2.35. The van der Waals surface area contributed by atoms with Crippen LogP contribution in [-0.2, 0) is 6.42 Å². The Morgan fingerprint density at radius 1 is 1.14 bits per heavy atom. The average molecular weight is 282 g/mol. The van der Waals surface area contributed by atoms with Gasteiger partial charge < -0.3 is 15.4 Å². The van der Waals surface area contributed by atoms with Crippen LogP contribution in [0.2, 0.25) is 0 Å². The summed E-state index contributed by atoms with van der Waals surface area (Å²) in [4.78, 5) is 2.41. The molecule has 1 atom stereocenters. The molecule has 21 heavy (non-hydrogen) atoms. The number of methoxy groups -OCH3 is 1. The Morgan fingerprint density at radius 2 is 1.90 bits per heavy atom. The summed E-state index contributed by atoms with van der Waals surface area (Å²) in [7, 11) is 1.68. The summed E-state index contributed by atoms with van der Waals surface area (Å²) >= 11 is 0. The lowest BCUT2D eigenvalue weighted by atomic mass is 10.00. The van der Waals surface area contributed by atoms with Crippen molar-refractivity contribution in [2.24, 2.45) is 5.73 Å². The molecule has 3 rings (SSSR count). The summed E-state index contributed by atoms with van der Waals surface area (Å²) in [6, 6.07) is 16.7. The quantitative estimate of drug-likeness (QED) is 0.936. The molecule has 2 aromatic rings. The first kappa shape index (κ1) is 14.0. The average Bonchev–Trinajstić information content (AvgIpc) is 2.55. The molecule has 3 heteroatoms. The molecule has 0 radical (unpaired) electrons. The molecule has 1 aliphatic rings. The van der Waals surface area contributed by atoms with Crippen molar-refractivity contribution in [2.45, 2.75) is 18.9 Å². The van der Waals surface area contributed by atoms with E-state index in [0.29, 0.717) is 0 Å². The minimum absolute atomic E-state index is 0.0158. The number of rotatable bonds is 4. The van der Waals surface area contributed by atoms with Crippen molar-refractivity contribution in [3.05, 3.63) is 59.7 Å². The van der Waals surface area contributed by atoms with Crippen molar-refractivity contribution in [3.63, 3.8) is 0 Å². The van der Waals surface area contributed by atoms with Crippen LogP contribution in [0, 0.1) is 0 Å². The van der Waals surface area contributed by atoms with Crippen molar-refractivity contribution in [2.75, 3.05) is 25.1 Å². The molecule has 1 aliphatic heterocycles. The molecule has 1 heterocycles. The van der Waals surface area contributed by atoms with Gasteiger partial charge in [-0.1, -0.05) is 30.3 Å². The Balaban J connectivity index is 1.74. The minimum atomic E-state index is 0.0158. The number of para-hydroxylation sites is 1. The normalized spacial score (nSPS) is 15.4. The Kier molecular flexibility index (Phi) is 4.11. The fourth-order valence-electron chi connectivity index (χ4n) is 3.00. The molecule has 2 N–H and O–H groups in total. The van der Waals surface area contributed by atoms with Crippen molar-refractivity contribution >= 4 is 5.69 Å². The molecular weight excluding hydrogens is 260 g/mol.